The van der Waals surface area contributed by atoms with E-state index in [1.165, 1.54) is 0 Å². The van der Waals surface area contributed by atoms with Crippen LogP contribution >= 0.6 is 0 Å². The van der Waals surface area contributed by atoms with E-state index < -0.39 is 17.2 Å². The number of benzene rings is 3. The van der Waals surface area contributed by atoms with E-state index in [4.69, 9.17) is 0 Å². The summed E-state index contributed by atoms with van der Waals surface area (Å²) < 4.78 is 2.12. The molecule has 3 aromatic carbocycles. The molecule has 31 heavy (non-hydrogen) atoms. The number of hydrogen-bond donors (Lipinski definition) is 1. The maximum absolute atomic E-state index is 13.1. The van der Waals surface area contributed by atoms with Crippen LogP contribution in [0.25, 0.3) is 5.69 Å². The third kappa shape index (κ3) is 4.35. The van der Waals surface area contributed by atoms with Crippen molar-refractivity contribution in [2.24, 2.45) is 0 Å². The number of anilines is 1. The predicted molar refractivity (Wildman–Crippen MR) is 119 cm³/mol. The van der Waals surface area contributed by atoms with Gasteiger partial charge in [0.15, 0.2) is 0 Å². The number of nitrogens with zero attached hydrogens (tertiary/aromatic N) is 3. The van der Waals surface area contributed by atoms with Gasteiger partial charge in [-0.1, -0.05) is 66.2 Å². The van der Waals surface area contributed by atoms with Crippen molar-refractivity contribution in [3.63, 3.8) is 0 Å². The zero-order valence-electron chi connectivity index (χ0n) is 16.9. The largest absolute Gasteiger partial charge is 0.352 e. The molecule has 0 fully saturated rings. The van der Waals surface area contributed by atoms with Crippen molar-refractivity contribution in [3.8, 4) is 5.69 Å². The van der Waals surface area contributed by atoms with Crippen LogP contribution in [-0.2, 0) is 6.54 Å². The van der Waals surface area contributed by atoms with Gasteiger partial charge in [-0.25, -0.2) is 4.79 Å². The van der Waals surface area contributed by atoms with Gasteiger partial charge in [0, 0.05) is 5.69 Å². The number of carbonyl (C=O) groups excluding carboxylic acids is 1. The van der Waals surface area contributed by atoms with Crippen molar-refractivity contribution in [2.45, 2.75) is 13.5 Å². The lowest BCUT2D eigenvalue weighted by atomic mass is 10.2. The number of carbonyl (C=O) groups is 1. The molecule has 0 atom stereocenters. The first-order valence-electron chi connectivity index (χ1n) is 9.74. The molecule has 0 unspecified atom stereocenters. The lowest BCUT2D eigenvalue weighted by molar-refractivity contribution is 0.101. The lowest BCUT2D eigenvalue weighted by Gasteiger charge is -2.12. The third-order valence-corrected chi connectivity index (χ3v) is 4.77. The average Bonchev–Trinajstić information content (AvgIpc) is 2.79. The quantitative estimate of drug-likeness (QED) is 0.546. The molecule has 0 saturated heterocycles. The minimum absolute atomic E-state index is 0.0263. The summed E-state index contributed by atoms with van der Waals surface area (Å²) in [6, 6.07) is 25.0. The van der Waals surface area contributed by atoms with Crippen LogP contribution in [0.5, 0.6) is 0 Å². The van der Waals surface area contributed by atoms with Crippen LogP contribution in [0, 0.1) is 6.92 Å². The van der Waals surface area contributed by atoms with Crippen LogP contribution in [0.1, 0.15) is 21.6 Å². The molecule has 0 bridgehead atoms. The molecule has 0 aliphatic heterocycles. The van der Waals surface area contributed by atoms with E-state index in [2.05, 4.69) is 10.4 Å². The van der Waals surface area contributed by atoms with Crippen molar-refractivity contribution < 1.29 is 4.79 Å². The van der Waals surface area contributed by atoms with Crippen molar-refractivity contribution in [2.75, 3.05) is 5.32 Å². The zero-order chi connectivity index (χ0) is 21.8. The van der Waals surface area contributed by atoms with Crippen LogP contribution < -0.4 is 16.6 Å². The number of aryl methyl sites for hydroxylation is 1. The molecule has 1 heterocycles. The standard InChI is InChI=1S/C24H20N4O3/c1-17-12-14-20(15-13-17)28-24(31)27(16-18-8-4-2-5-9-18)23(30)21(26-28)22(29)25-19-10-6-3-7-11-19/h2-15H,16H2,1H3,(H,25,29). The molecule has 1 amide bonds. The van der Waals surface area contributed by atoms with Gasteiger partial charge in [0.25, 0.3) is 11.5 Å². The van der Waals surface area contributed by atoms with Crippen molar-refractivity contribution >= 4 is 11.6 Å². The summed E-state index contributed by atoms with van der Waals surface area (Å²) in [7, 11) is 0. The third-order valence-electron chi connectivity index (χ3n) is 4.77. The van der Waals surface area contributed by atoms with Crippen LogP contribution in [0.15, 0.2) is 94.5 Å². The first-order valence-corrected chi connectivity index (χ1v) is 9.74. The smallest absolute Gasteiger partial charge is 0.320 e. The summed E-state index contributed by atoms with van der Waals surface area (Å²) in [6.07, 6.45) is 0. The lowest BCUT2D eigenvalue weighted by Crippen LogP contribution is -2.45. The molecule has 7 nitrogen and oxygen atoms in total. The summed E-state index contributed by atoms with van der Waals surface area (Å²) in [5.41, 5.74) is 1.04. The van der Waals surface area contributed by atoms with Gasteiger partial charge >= 0.3 is 5.69 Å². The van der Waals surface area contributed by atoms with Gasteiger partial charge in [-0.2, -0.15) is 9.78 Å². The molecule has 0 aliphatic carbocycles. The fourth-order valence-electron chi connectivity index (χ4n) is 3.13. The minimum atomic E-state index is -0.745. The van der Waals surface area contributed by atoms with E-state index >= 15 is 0 Å². The second-order valence-corrected chi connectivity index (χ2v) is 7.08. The Bertz CT molecular complexity index is 1330. The second kappa shape index (κ2) is 8.62. The molecular formula is C24H20N4O3. The Morgan fingerprint density at radius 3 is 2.13 bits per heavy atom. The normalized spacial score (nSPS) is 10.6. The number of rotatable bonds is 5. The molecular weight excluding hydrogens is 392 g/mol. The van der Waals surface area contributed by atoms with Gasteiger partial charge in [0.2, 0.25) is 5.69 Å². The highest BCUT2D eigenvalue weighted by atomic mass is 16.2. The van der Waals surface area contributed by atoms with Crippen LogP contribution in [-0.4, -0.2) is 20.3 Å². The summed E-state index contributed by atoms with van der Waals surface area (Å²) in [5.74, 6) is -0.682. The van der Waals surface area contributed by atoms with Gasteiger partial charge in [-0.15, -0.1) is 0 Å². The van der Waals surface area contributed by atoms with Crippen molar-refractivity contribution in [1.82, 2.24) is 14.3 Å². The van der Waals surface area contributed by atoms with Gasteiger partial charge in [0.1, 0.15) is 0 Å². The highest BCUT2D eigenvalue weighted by molar-refractivity contribution is 6.02. The number of para-hydroxylation sites is 1. The Balaban J connectivity index is 1.85. The molecule has 0 radical (unpaired) electrons. The second-order valence-electron chi connectivity index (χ2n) is 7.08. The molecule has 0 saturated carbocycles. The Hall–Kier alpha value is -4.26. The SMILES string of the molecule is Cc1ccc(-n2nc(C(=O)Nc3ccccc3)c(=O)n(Cc3ccccc3)c2=O)cc1. The Labute approximate surface area is 178 Å². The van der Waals surface area contributed by atoms with Crippen LogP contribution in [0.4, 0.5) is 5.69 Å². The molecule has 1 N–H and O–H groups in total. The Kier molecular flexibility index (Phi) is 5.57. The molecule has 4 rings (SSSR count). The van der Waals surface area contributed by atoms with E-state index in [1.54, 1.807) is 36.4 Å². The zero-order valence-corrected chi connectivity index (χ0v) is 16.9. The summed E-state index contributed by atoms with van der Waals surface area (Å²) in [4.78, 5) is 39.1. The maximum atomic E-state index is 13.1. The van der Waals surface area contributed by atoms with Crippen molar-refractivity contribution in [1.29, 1.82) is 0 Å². The summed E-state index contributed by atoms with van der Waals surface area (Å²) in [6.45, 7) is 1.95. The molecule has 0 aliphatic rings. The van der Waals surface area contributed by atoms with Gasteiger partial charge in [-0.3, -0.25) is 14.2 Å². The Morgan fingerprint density at radius 1 is 0.871 bits per heavy atom. The molecule has 7 heteroatoms. The first kappa shape index (κ1) is 20.0. The van der Waals surface area contributed by atoms with E-state index in [9.17, 15) is 14.4 Å². The topological polar surface area (TPSA) is 86.0 Å². The van der Waals surface area contributed by atoms with Gasteiger partial charge in [0.05, 0.1) is 12.2 Å². The highest BCUT2D eigenvalue weighted by Gasteiger charge is 2.20. The monoisotopic (exact) mass is 412 g/mol. The van der Waals surface area contributed by atoms with Gasteiger partial charge in [-0.05, 0) is 36.8 Å². The fraction of sp³-hybridized carbons (Fsp3) is 0.0833. The molecule has 4 aromatic rings. The van der Waals surface area contributed by atoms with Crippen molar-refractivity contribution in [3.05, 3.63) is 123 Å². The van der Waals surface area contributed by atoms with E-state index in [0.29, 0.717) is 11.4 Å². The summed E-state index contributed by atoms with van der Waals surface area (Å²) >= 11 is 0. The summed E-state index contributed by atoms with van der Waals surface area (Å²) in [5, 5.41) is 6.80. The molecule has 1 aromatic heterocycles. The van der Waals surface area contributed by atoms with E-state index in [-0.39, 0.29) is 12.2 Å². The number of hydrogen-bond acceptors (Lipinski definition) is 4. The predicted octanol–water partition coefficient (Wildman–Crippen LogP) is 3.00. The number of nitrogens with one attached hydrogen (secondary N) is 1. The average molecular weight is 412 g/mol. The number of aromatic nitrogens is 3. The first-order chi connectivity index (χ1) is 15.0. The van der Waals surface area contributed by atoms with E-state index in [1.807, 2.05) is 55.5 Å². The molecule has 154 valence electrons. The van der Waals surface area contributed by atoms with Crippen LogP contribution in [0.3, 0.4) is 0 Å². The molecule has 0 spiro atoms. The number of amides is 1. The van der Waals surface area contributed by atoms with Gasteiger partial charge < -0.3 is 5.32 Å². The minimum Gasteiger partial charge on any atom is -0.320 e. The Morgan fingerprint density at radius 2 is 1.48 bits per heavy atom. The van der Waals surface area contributed by atoms with Crippen LogP contribution in [0.2, 0.25) is 0 Å². The van der Waals surface area contributed by atoms with E-state index in [0.717, 1.165) is 20.4 Å². The fourth-order valence-corrected chi connectivity index (χ4v) is 3.13. The highest BCUT2D eigenvalue weighted by Crippen LogP contribution is 2.08. The maximum Gasteiger partial charge on any atom is 0.352 e.